The summed E-state index contributed by atoms with van der Waals surface area (Å²) >= 11 is 0. The van der Waals surface area contributed by atoms with E-state index in [-0.39, 0.29) is 4.90 Å². The average Bonchev–Trinajstić information content (AvgIpc) is 2.84. The Morgan fingerprint density at radius 1 is 0.818 bits per heavy atom. The van der Waals surface area contributed by atoms with Crippen molar-refractivity contribution in [2.75, 3.05) is 4.72 Å². The zero-order valence-electron chi connectivity index (χ0n) is 17.6. The lowest BCUT2D eigenvalue weighted by molar-refractivity contribution is -0.109. The van der Waals surface area contributed by atoms with Crippen molar-refractivity contribution in [3.63, 3.8) is 0 Å². The predicted octanol–water partition coefficient (Wildman–Crippen LogP) is 4.18. The van der Waals surface area contributed by atoms with E-state index in [2.05, 4.69) is 10.0 Å². The Bertz CT molecular complexity index is 1390. The minimum Gasteiger partial charge on any atom is -0.342 e. The summed E-state index contributed by atoms with van der Waals surface area (Å²) in [4.78, 5) is 24.1. The lowest BCUT2D eigenvalue weighted by Gasteiger charge is -2.13. The second-order valence-corrected chi connectivity index (χ2v) is 9.28. The Kier molecular flexibility index (Phi) is 6.51. The van der Waals surface area contributed by atoms with Crippen LogP contribution in [0.2, 0.25) is 0 Å². The summed E-state index contributed by atoms with van der Waals surface area (Å²) in [5.74, 6) is -0.410. The Morgan fingerprint density at radius 2 is 1.48 bits per heavy atom. The van der Waals surface area contributed by atoms with Crippen molar-refractivity contribution in [2.24, 2.45) is 0 Å². The van der Waals surface area contributed by atoms with Crippen molar-refractivity contribution in [3.05, 3.63) is 108 Å². The van der Waals surface area contributed by atoms with E-state index in [1.807, 2.05) is 54.6 Å². The van der Waals surface area contributed by atoms with Crippen molar-refractivity contribution in [1.29, 1.82) is 0 Å². The molecule has 4 aromatic carbocycles. The van der Waals surface area contributed by atoms with Crippen LogP contribution in [0.5, 0.6) is 0 Å². The molecule has 0 saturated carbocycles. The zero-order valence-corrected chi connectivity index (χ0v) is 18.5. The number of carbonyl (C=O) groups excluding carboxylic acids is 2. The number of nitrogens with one attached hydrogen (secondary N) is 2. The van der Waals surface area contributed by atoms with Crippen molar-refractivity contribution in [1.82, 2.24) is 5.32 Å². The third-order valence-electron chi connectivity index (χ3n) is 5.21. The van der Waals surface area contributed by atoms with Crippen molar-refractivity contribution < 1.29 is 18.0 Å². The van der Waals surface area contributed by atoms with Crippen LogP contribution in [0, 0.1) is 0 Å². The maximum atomic E-state index is 12.8. The van der Waals surface area contributed by atoms with E-state index in [9.17, 15) is 18.0 Å². The molecule has 0 heterocycles. The maximum Gasteiger partial charge on any atom is 0.261 e. The first kappa shape index (κ1) is 22.2. The molecule has 4 aromatic rings. The Morgan fingerprint density at radius 3 is 2.18 bits per heavy atom. The molecule has 4 rings (SSSR count). The summed E-state index contributed by atoms with van der Waals surface area (Å²) in [6, 6.07) is 27.2. The van der Waals surface area contributed by atoms with Gasteiger partial charge in [-0.2, -0.15) is 0 Å². The normalized spacial score (nSPS) is 12.1. The summed E-state index contributed by atoms with van der Waals surface area (Å²) in [5.41, 5.74) is 1.59. The molecular weight excluding hydrogens is 436 g/mol. The molecule has 0 aliphatic carbocycles. The highest BCUT2D eigenvalue weighted by molar-refractivity contribution is 7.92. The van der Waals surface area contributed by atoms with E-state index in [0.29, 0.717) is 24.0 Å². The summed E-state index contributed by atoms with van der Waals surface area (Å²) in [6.07, 6.45) is 1.09. The fourth-order valence-corrected chi connectivity index (χ4v) is 4.58. The molecule has 1 atom stereocenters. The number of aldehydes is 1. The van der Waals surface area contributed by atoms with Gasteiger partial charge in [-0.3, -0.25) is 9.52 Å². The molecule has 0 saturated heterocycles. The van der Waals surface area contributed by atoms with Crippen LogP contribution >= 0.6 is 0 Å². The van der Waals surface area contributed by atoms with E-state index in [1.165, 1.54) is 24.3 Å². The molecule has 0 aliphatic rings. The van der Waals surface area contributed by atoms with Gasteiger partial charge in [-0.25, -0.2) is 8.42 Å². The quantitative estimate of drug-likeness (QED) is 0.388. The molecule has 0 fully saturated rings. The highest BCUT2D eigenvalue weighted by atomic mass is 32.2. The highest BCUT2D eigenvalue weighted by Gasteiger charge is 2.16. The molecule has 0 bridgehead atoms. The third-order valence-corrected chi connectivity index (χ3v) is 6.59. The van der Waals surface area contributed by atoms with Crippen LogP contribution in [0.25, 0.3) is 10.8 Å². The SMILES string of the molecule is O=C[C@H](Cc1ccccc1)NC(=O)c1ccc(NS(=O)(=O)c2ccc3ccccc3c2)cc1. The number of rotatable bonds is 8. The highest BCUT2D eigenvalue weighted by Crippen LogP contribution is 2.21. The standard InChI is InChI=1S/C26H22N2O4S/c29-18-24(16-19-6-2-1-3-7-19)27-26(30)21-10-13-23(14-11-21)28-33(31,32)25-15-12-20-8-4-5-9-22(20)17-25/h1-15,17-18,24,28H,16H2,(H,27,30)/t24-/m0/s1. The van der Waals surface area contributed by atoms with Gasteiger partial charge in [0.1, 0.15) is 6.29 Å². The molecule has 0 aromatic heterocycles. The summed E-state index contributed by atoms with van der Waals surface area (Å²) in [5, 5.41) is 4.47. The average molecular weight is 459 g/mol. The molecule has 166 valence electrons. The Labute approximate surface area is 192 Å². The molecule has 7 heteroatoms. The Balaban J connectivity index is 1.43. The van der Waals surface area contributed by atoms with Crippen molar-refractivity contribution in [3.8, 4) is 0 Å². The van der Waals surface area contributed by atoms with Crippen LogP contribution in [-0.2, 0) is 21.2 Å². The fraction of sp³-hybridized carbons (Fsp3) is 0.0769. The van der Waals surface area contributed by atoms with Gasteiger partial charge >= 0.3 is 0 Å². The van der Waals surface area contributed by atoms with Gasteiger partial charge in [0.05, 0.1) is 10.9 Å². The first-order valence-corrected chi connectivity index (χ1v) is 11.8. The van der Waals surface area contributed by atoms with Gasteiger partial charge in [0.25, 0.3) is 15.9 Å². The summed E-state index contributed by atoms with van der Waals surface area (Å²) in [7, 11) is -3.79. The Hall–Kier alpha value is -3.97. The van der Waals surface area contributed by atoms with Crippen molar-refractivity contribution >= 4 is 38.7 Å². The number of hydrogen-bond acceptors (Lipinski definition) is 4. The third kappa shape index (κ3) is 5.45. The van der Waals surface area contributed by atoms with Gasteiger partial charge in [-0.05, 0) is 59.2 Å². The van der Waals surface area contributed by atoms with Gasteiger partial charge in [0, 0.05) is 11.3 Å². The predicted molar refractivity (Wildman–Crippen MR) is 129 cm³/mol. The first-order chi connectivity index (χ1) is 15.9. The van der Waals surface area contributed by atoms with E-state index in [1.54, 1.807) is 18.2 Å². The van der Waals surface area contributed by atoms with Gasteiger partial charge in [-0.1, -0.05) is 60.7 Å². The zero-order chi connectivity index (χ0) is 23.3. The van der Waals surface area contributed by atoms with E-state index in [4.69, 9.17) is 0 Å². The summed E-state index contributed by atoms with van der Waals surface area (Å²) in [6.45, 7) is 0. The van der Waals surface area contributed by atoms with E-state index < -0.39 is 22.0 Å². The number of fused-ring (bicyclic) bond motifs is 1. The van der Waals surface area contributed by atoms with Gasteiger partial charge in [-0.15, -0.1) is 0 Å². The molecule has 0 spiro atoms. The van der Waals surface area contributed by atoms with Gasteiger partial charge in [0.15, 0.2) is 0 Å². The van der Waals surface area contributed by atoms with Crippen LogP contribution < -0.4 is 10.0 Å². The van der Waals surface area contributed by atoms with E-state index in [0.717, 1.165) is 16.3 Å². The number of amides is 1. The van der Waals surface area contributed by atoms with Crippen LogP contribution in [0.1, 0.15) is 15.9 Å². The molecule has 6 nitrogen and oxygen atoms in total. The monoisotopic (exact) mass is 458 g/mol. The smallest absolute Gasteiger partial charge is 0.261 e. The number of sulfonamides is 1. The van der Waals surface area contributed by atoms with Gasteiger partial charge < -0.3 is 10.1 Å². The molecule has 0 unspecified atom stereocenters. The molecule has 0 aliphatic heterocycles. The largest absolute Gasteiger partial charge is 0.342 e. The summed E-state index contributed by atoms with van der Waals surface area (Å²) < 4.78 is 28.1. The second kappa shape index (κ2) is 9.67. The second-order valence-electron chi connectivity index (χ2n) is 7.60. The number of carbonyl (C=O) groups is 2. The number of anilines is 1. The fourth-order valence-electron chi connectivity index (χ4n) is 3.49. The number of hydrogen-bond donors (Lipinski definition) is 2. The number of benzene rings is 4. The molecule has 0 radical (unpaired) electrons. The van der Waals surface area contributed by atoms with Gasteiger partial charge in [0.2, 0.25) is 0 Å². The maximum absolute atomic E-state index is 12.8. The molecular formula is C26H22N2O4S. The van der Waals surface area contributed by atoms with Crippen molar-refractivity contribution in [2.45, 2.75) is 17.4 Å². The van der Waals surface area contributed by atoms with Crippen LogP contribution in [-0.4, -0.2) is 26.7 Å². The lowest BCUT2D eigenvalue weighted by Crippen LogP contribution is -2.37. The topological polar surface area (TPSA) is 92.3 Å². The first-order valence-electron chi connectivity index (χ1n) is 10.4. The minimum atomic E-state index is -3.79. The molecule has 1 amide bonds. The van der Waals surface area contributed by atoms with E-state index >= 15 is 0 Å². The molecule has 2 N–H and O–H groups in total. The lowest BCUT2D eigenvalue weighted by atomic mass is 10.1. The van der Waals surface area contributed by atoms with Crippen LogP contribution in [0.4, 0.5) is 5.69 Å². The minimum absolute atomic E-state index is 0.151. The molecule has 33 heavy (non-hydrogen) atoms. The van der Waals surface area contributed by atoms with Crippen LogP contribution in [0.3, 0.4) is 0 Å². The van der Waals surface area contributed by atoms with Crippen LogP contribution in [0.15, 0.2) is 102 Å².